The van der Waals surface area contributed by atoms with Crippen LogP contribution >= 0.6 is 0 Å². The van der Waals surface area contributed by atoms with Gasteiger partial charge in [-0.1, -0.05) is 47.6 Å². The zero-order valence-corrected chi connectivity index (χ0v) is 15.3. The van der Waals surface area contributed by atoms with Crippen LogP contribution in [0, 0.1) is 0 Å². The molecule has 0 amide bonds. The first-order valence-electron chi connectivity index (χ1n) is 9.19. The number of oxime groups is 1. The molecule has 2 aliphatic rings. The van der Waals surface area contributed by atoms with Gasteiger partial charge in [0.2, 0.25) is 0 Å². The fraction of sp³-hybridized carbons (Fsp3) is 0.273. The maximum Gasteiger partial charge on any atom is 0.369 e. The Labute approximate surface area is 158 Å². The Hall–Kier alpha value is -3.08. The second-order valence-corrected chi connectivity index (χ2v) is 6.81. The average molecular weight is 362 g/mol. The zero-order valence-electron chi connectivity index (χ0n) is 15.3. The van der Waals surface area contributed by atoms with Gasteiger partial charge >= 0.3 is 5.97 Å². The van der Waals surface area contributed by atoms with Gasteiger partial charge in [-0.25, -0.2) is 4.79 Å². The van der Waals surface area contributed by atoms with Gasteiger partial charge in [-0.2, -0.15) is 0 Å². The number of nitrogens with zero attached hydrogens (tertiary/aromatic N) is 2. The summed E-state index contributed by atoms with van der Waals surface area (Å²) in [5, 5.41) is 3.99. The Morgan fingerprint density at radius 2 is 1.89 bits per heavy atom. The van der Waals surface area contributed by atoms with Gasteiger partial charge in [0.15, 0.2) is 0 Å². The molecule has 0 saturated carbocycles. The van der Waals surface area contributed by atoms with E-state index in [0.29, 0.717) is 17.2 Å². The van der Waals surface area contributed by atoms with Crippen molar-refractivity contribution in [2.24, 2.45) is 5.16 Å². The molecular formula is C22H22N2O3. The maximum absolute atomic E-state index is 12.2. The molecule has 5 nitrogen and oxygen atoms in total. The van der Waals surface area contributed by atoms with Crippen LogP contribution in [-0.2, 0) is 9.63 Å². The number of ether oxygens (including phenoxy) is 1. The van der Waals surface area contributed by atoms with Gasteiger partial charge in [-0.05, 0) is 36.5 Å². The predicted molar refractivity (Wildman–Crippen MR) is 104 cm³/mol. The van der Waals surface area contributed by atoms with Crippen molar-refractivity contribution in [1.29, 1.82) is 0 Å². The van der Waals surface area contributed by atoms with Crippen LogP contribution in [0.25, 0.3) is 0 Å². The van der Waals surface area contributed by atoms with E-state index in [-0.39, 0.29) is 0 Å². The molecule has 138 valence electrons. The first-order valence-corrected chi connectivity index (χ1v) is 9.19. The summed E-state index contributed by atoms with van der Waals surface area (Å²) in [5.74, 6) is 0.887. The Morgan fingerprint density at radius 3 is 2.63 bits per heavy atom. The molecule has 1 saturated heterocycles. The smallest absolute Gasteiger partial charge is 0.369 e. The third kappa shape index (κ3) is 3.72. The van der Waals surface area contributed by atoms with Crippen LogP contribution in [-0.4, -0.2) is 36.8 Å². The summed E-state index contributed by atoms with van der Waals surface area (Å²) in [6, 6.07) is 18.1. The van der Waals surface area contributed by atoms with Crippen LogP contribution in [0.1, 0.15) is 29.9 Å². The molecule has 1 fully saturated rings. The van der Waals surface area contributed by atoms with E-state index in [9.17, 15) is 4.79 Å². The Kier molecular flexibility index (Phi) is 4.92. The Morgan fingerprint density at radius 1 is 1.11 bits per heavy atom. The molecular weight excluding hydrogens is 340 g/mol. The fourth-order valence-corrected chi connectivity index (χ4v) is 3.64. The van der Waals surface area contributed by atoms with Crippen LogP contribution in [0.2, 0.25) is 0 Å². The number of likely N-dealkylation sites (tertiary alicyclic amines) is 1. The van der Waals surface area contributed by atoms with E-state index in [1.54, 1.807) is 7.11 Å². The normalized spacial score (nSPS) is 19.1. The highest BCUT2D eigenvalue weighted by atomic mass is 16.7. The van der Waals surface area contributed by atoms with Crippen LogP contribution in [0.5, 0.6) is 5.75 Å². The zero-order chi connectivity index (χ0) is 18.6. The third-order valence-corrected chi connectivity index (χ3v) is 5.15. The minimum absolute atomic E-state index is 0.405. The van der Waals surface area contributed by atoms with Gasteiger partial charge < -0.3 is 14.5 Å². The minimum atomic E-state index is -0.405. The van der Waals surface area contributed by atoms with Crippen LogP contribution in [0.15, 0.2) is 71.5 Å². The number of hydrogen-bond donors (Lipinski definition) is 0. The highest BCUT2D eigenvalue weighted by Crippen LogP contribution is 2.29. The molecule has 0 aromatic heterocycles. The summed E-state index contributed by atoms with van der Waals surface area (Å²) in [5.41, 5.74) is 3.26. The fourth-order valence-electron chi connectivity index (χ4n) is 3.64. The predicted octanol–water partition coefficient (Wildman–Crippen LogP) is 3.72. The Bertz CT molecular complexity index is 881. The molecule has 0 aliphatic carbocycles. The summed E-state index contributed by atoms with van der Waals surface area (Å²) < 4.78 is 5.27. The lowest BCUT2D eigenvalue weighted by Crippen LogP contribution is -2.30. The van der Waals surface area contributed by atoms with Gasteiger partial charge in [0.25, 0.3) is 0 Å². The molecule has 0 radical (unpaired) electrons. The molecule has 2 heterocycles. The highest BCUT2D eigenvalue weighted by Gasteiger charge is 2.29. The molecule has 2 aromatic rings. The van der Waals surface area contributed by atoms with Gasteiger partial charge in [0.05, 0.1) is 7.11 Å². The quantitative estimate of drug-likeness (QED) is 0.614. The van der Waals surface area contributed by atoms with Crippen molar-refractivity contribution in [3.05, 3.63) is 77.5 Å². The van der Waals surface area contributed by atoms with Gasteiger partial charge in [0.1, 0.15) is 17.0 Å². The molecule has 5 heteroatoms. The maximum atomic E-state index is 12.2. The molecule has 0 spiro atoms. The van der Waals surface area contributed by atoms with Crippen molar-refractivity contribution < 1.29 is 14.4 Å². The molecule has 0 atom stereocenters. The first kappa shape index (κ1) is 17.3. The molecule has 2 aliphatic heterocycles. The van der Waals surface area contributed by atoms with E-state index in [1.165, 1.54) is 5.56 Å². The monoisotopic (exact) mass is 362 g/mol. The second-order valence-electron chi connectivity index (χ2n) is 6.81. The highest BCUT2D eigenvalue weighted by molar-refractivity contribution is 6.28. The van der Waals surface area contributed by atoms with Crippen molar-refractivity contribution in [3.63, 3.8) is 0 Å². The van der Waals surface area contributed by atoms with Gasteiger partial charge in [-0.3, -0.25) is 0 Å². The lowest BCUT2D eigenvalue weighted by molar-refractivity contribution is -0.136. The average Bonchev–Trinajstić information content (AvgIpc) is 3.09. The summed E-state index contributed by atoms with van der Waals surface area (Å²) >= 11 is 0. The number of rotatable bonds is 4. The molecule has 0 unspecified atom stereocenters. The van der Waals surface area contributed by atoms with Crippen molar-refractivity contribution in [2.45, 2.75) is 18.8 Å². The summed E-state index contributed by atoms with van der Waals surface area (Å²) in [7, 11) is 1.62. The lowest BCUT2D eigenvalue weighted by atomic mass is 9.89. The van der Waals surface area contributed by atoms with E-state index >= 15 is 0 Å². The van der Waals surface area contributed by atoms with E-state index in [0.717, 1.165) is 37.2 Å². The SMILES string of the molecule is COc1cccc(C2=NOC(=O)C2=CN2CCC(c3ccccc3)CC2)c1. The molecule has 0 N–H and O–H groups in total. The molecule has 4 rings (SSSR count). The molecule has 0 bridgehead atoms. The van der Waals surface area contributed by atoms with E-state index < -0.39 is 5.97 Å². The standard InChI is InChI=1S/C22H22N2O3/c1-26-19-9-5-8-18(14-19)21-20(22(25)27-23-21)15-24-12-10-17(11-13-24)16-6-3-2-4-7-16/h2-9,14-15,17H,10-13H2,1H3. The van der Waals surface area contributed by atoms with Gasteiger partial charge in [-0.15, -0.1) is 0 Å². The number of carbonyl (C=O) groups is 1. The molecule has 27 heavy (non-hydrogen) atoms. The van der Waals surface area contributed by atoms with Crippen LogP contribution in [0.3, 0.4) is 0 Å². The third-order valence-electron chi connectivity index (χ3n) is 5.15. The Balaban J connectivity index is 1.49. The number of methoxy groups -OCH3 is 1. The van der Waals surface area contributed by atoms with E-state index in [4.69, 9.17) is 9.57 Å². The van der Waals surface area contributed by atoms with Crippen LogP contribution in [0.4, 0.5) is 0 Å². The number of carbonyl (C=O) groups excluding carboxylic acids is 1. The van der Waals surface area contributed by atoms with E-state index in [2.05, 4.69) is 34.3 Å². The summed E-state index contributed by atoms with van der Waals surface area (Å²) in [6.45, 7) is 1.81. The largest absolute Gasteiger partial charge is 0.497 e. The van der Waals surface area contributed by atoms with Gasteiger partial charge in [0, 0.05) is 24.9 Å². The summed E-state index contributed by atoms with van der Waals surface area (Å²) in [4.78, 5) is 19.4. The second kappa shape index (κ2) is 7.66. The van der Waals surface area contributed by atoms with Crippen molar-refractivity contribution >= 4 is 11.7 Å². The minimum Gasteiger partial charge on any atom is -0.497 e. The van der Waals surface area contributed by atoms with Crippen molar-refractivity contribution in [2.75, 3.05) is 20.2 Å². The summed E-state index contributed by atoms with van der Waals surface area (Å²) in [6.07, 6.45) is 4.03. The van der Waals surface area contributed by atoms with Crippen molar-refractivity contribution in [3.8, 4) is 5.75 Å². The number of hydrogen-bond acceptors (Lipinski definition) is 5. The first-order chi connectivity index (χ1) is 13.2. The van der Waals surface area contributed by atoms with E-state index in [1.807, 2.05) is 36.5 Å². The topological polar surface area (TPSA) is 51.1 Å². The molecule has 2 aromatic carbocycles. The number of benzene rings is 2. The lowest BCUT2D eigenvalue weighted by Gasteiger charge is -2.31. The van der Waals surface area contributed by atoms with Crippen LogP contribution < -0.4 is 4.74 Å². The number of piperidine rings is 1. The van der Waals surface area contributed by atoms with Crippen molar-refractivity contribution in [1.82, 2.24) is 4.90 Å².